The van der Waals surface area contributed by atoms with Gasteiger partial charge in [0.15, 0.2) is 0 Å². The monoisotopic (exact) mass is 347 g/mol. The summed E-state index contributed by atoms with van der Waals surface area (Å²) in [4.78, 5) is 14.5. The van der Waals surface area contributed by atoms with Gasteiger partial charge >= 0.3 is 0 Å². The molecule has 1 amide bonds. The van der Waals surface area contributed by atoms with Crippen molar-refractivity contribution >= 4 is 5.91 Å². The molecule has 0 aromatic carbocycles. The number of carbonyl (C=O) groups excluding carboxylic acids is 1. The number of aromatic nitrogens is 2. The van der Waals surface area contributed by atoms with Crippen LogP contribution < -0.4 is 0 Å². The van der Waals surface area contributed by atoms with Crippen molar-refractivity contribution in [3.05, 3.63) is 34.0 Å². The Bertz CT molecular complexity index is 658. The topological polar surface area (TPSA) is 81.6 Å². The van der Waals surface area contributed by atoms with Gasteiger partial charge in [0.2, 0.25) is 5.91 Å². The van der Waals surface area contributed by atoms with Gasteiger partial charge in [-0.1, -0.05) is 10.3 Å². The molecule has 1 saturated carbocycles. The predicted octanol–water partition coefficient (Wildman–Crippen LogP) is 2.85. The number of nitrogens with zero attached hydrogens (tertiary/aromatic N) is 3. The van der Waals surface area contributed by atoms with Crippen molar-refractivity contribution in [2.75, 3.05) is 13.2 Å². The van der Waals surface area contributed by atoms with Crippen LogP contribution in [0.5, 0.6) is 0 Å². The molecule has 2 aromatic rings. The molecule has 0 spiro atoms. The first-order valence-corrected chi connectivity index (χ1v) is 8.64. The highest BCUT2D eigenvalue weighted by Gasteiger charge is 2.24. The van der Waals surface area contributed by atoms with Gasteiger partial charge in [-0.05, 0) is 46.5 Å². The molecule has 0 aliphatic heterocycles. The zero-order chi connectivity index (χ0) is 18.0. The zero-order valence-electron chi connectivity index (χ0n) is 15.3. The summed E-state index contributed by atoms with van der Waals surface area (Å²) in [7, 11) is 0. The van der Waals surface area contributed by atoms with E-state index in [1.165, 1.54) is 12.8 Å². The number of ether oxygens (including phenoxy) is 1. The summed E-state index contributed by atoms with van der Waals surface area (Å²) in [5.41, 5.74) is 3.46. The fourth-order valence-corrected chi connectivity index (χ4v) is 2.76. The Labute approximate surface area is 147 Å². The molecule has 0 atom stereocenters. The summed E-state index contributed by atoms with van der Waals surface area (Å²) in [6.07, 6.45) is 2.41. The molecule has 1 fully saturated rings. The zero-order valence-corrected chi connectivity index (χ0v) is 15.3. The van der Waals surface area contributed by atoms with E-state index in [9.17, 15) is 4.79 Å². The lowest BCUT2D eigenvalue weighted by atomic mass is 10.1. The molecule has 0 unspecified atom stereocenters. The molecule has 136 valence electrons. The molecule has 2 heterocycles. The van der Waals surface area contributed by atoms with Crippen LogP contribution in [0.4, 0.5) is 0 Å². The minimum Gasteiger partial charge on any atom is -0.371 e. The first kappa shape index (κ1) is 17.7. The lowest BCUT2D eigenvalue weighted by Gasteiger charge is -2.22. The second-order valence-corrected chi connectivity index (χ2v) is 6.81. The summed E-state index contributed by atoms with van der Waals surface area (Å²) in [5, 5.41) is 7.96. The summed E-state index contributed by atoms with van der Waals surface area (Å²) in [5.74, 6) is 2.04. The van der Waals surface area contributed by atoms with Crippen LogP contribution >= 0.6 is 0 Å². The summed E-state index contributed by atoms with van der Waals surface area (Å²) in [6.45, 7) is 9.09. The SMILES string of the molecule is Cc1noc(C)c1CN(Cc1c(C)noc1C)C(=O)COCC1CC1. The van der Waals surface area contributed by atoms with Gasteiger partial charge < -0.3 is 18.7 Å². The molecule has 0 radical (unpaired) electrons. The van der Waals surface area contributed by atoms with Crippen LogP contribution in [0, 0.1) is 33.6 Å². The van der Waals surface area contributed by atoms with Gasteiger partial charge in [0.1, 0.15) is 18.1 Å². The van der Waals surface area contributed by atoms with Crippen molar-refractivity contribution in [2.24, 2.45) is 5.92 Å². The largest absolute Gasteiger partial charge is 0.371 e. The maximum atomic E-state index is 12.7. The van der Waals surface area contributed by atoms with Crippen LogP contribution in [-0.4, -0.2) is 34.3 Å². The molecule has 0 N–H and O–H groups in total. The molecule has 2 aromatic heterocycles. The van der Waals surface area contributed by atoms with Crippen molar-refractivity contribution in [2.45, 2.75) is 53.6 Å². The lowest BCUT2D eigenvalue weighted by molar-refractivity contribution is -0.137. The lowest BCUT2D eigenvalue weighted by Crippen LogP contribution is -2.34. The molecule has 0 saturated heterocycles. The standard InChI is InChI=1S/C18H25N3O4/c1-11-16(13(3)24-19-11)7-21(8-17-12(2)20-25-14(17)4)18(22)10-23-9-15-5-6-15/h15H,5-10H2,1-4H3. The predicted molar refractivity (Wildman–Crippen MR) is 89.8 cm³/mol. The van der Waals surface area contributed by atoms with Gasteiger partial charge in [0.05, 0.1) is 31.1 Å². The van der Waals surface area contributed by atoms with Gasteiger partial charge in [-0.2, -0.15) is 0 Å². The quantitative estimate of drug-likeness (QED) is 0.730. The molecule has 1 aliphatic carbocycles. The highest BCUT2D eigenvalue weighted by atomic mass is 16.5. The van der Waals surface area contributed by atoms with Crippen LogP contribution in [0.1, 0.15) is 46.9 Å². The van der Waals surface area contributed by atoms with Crippen LogP contribution in [0.25, 0.3) is 0 Å². The minimum absolute atomic E-state index is 0.0550. The van der Waals surface area contributed by atoms with Crippen LogP contribution in [0.3, 0.4) is 0 Å². The van der Waals surface area contributed by atoms with Crippen LogP contribution in [0.2, 0.25) is 0 Å². The molecule has 3 rings (SSSR count). The molecular formula is C18H25N3O4. The highest BCUT2D eigenvalue weighted by Crippen LogP contribution is 2.28. The van der Waals surface area contributed by atoms with Crippen molar-refractivity contribution in [1.82, 2.24) is 15.2 Å². The van der Waals surface area contributed by atoms with E-state index in [-0.39, 0.29) is 12.5 Å². The molecule has 7 heteroatoms. The number of carbonyl (C=O) groups is 1. The maximum Gasteiger partial charge on any atom is 0.249 e. The molecule has 0 bridgehead atoms. The second-order valence-electron chi connectivity index (χ2n) is 6.81. The summed E-state index contributed by atoms with van der Waals surface area (Å²) in [6, 6.07) is 0. The molecule has 25 heavy (non-hydrogen) atoms. The van der Waals surface area contributed by atoms with E-state index < -0.39 is 0 Å². The van der Waals surface area contributed by atoms with E-state index in [0.29, 0.717) is 25.6 Å². The smallest absolute Gasteiger partial charge is 0.249 e. The summed E-state index contributed by atoms with van der Waals surface area (Å²) >= 11 is 0. The number of aryl methyl sites for hydroxylation is 4. The third-order valence-electron chi connectivity index (χ3n) is 4.69. The first-order valence-electron chi connectivity index (χ1n) is 8.64. The Morgan fingerprint density at radius 3 is 1.96 bits per heavy atom. The van der Waals surface area contributed by atoms with Gasteiger partial charge in [-0.3, -0.25) is 4.79 Å². The Balaban J connectivity index is 1.73. The van der Waals surface area contributed by atoms with Crippen molar-refractivity contribution < 1.29 is 18.6 Å². The molecule has 1 aliphatic rings. The molecular weight excluding hydrogens is 322 g/mol. The van der Waals surface area contributed by atoms with Crippen molar-refractivity contribution in [3.8, 4) is 0 Å². The maximum absolute atomic E-state index is 12.7. The Morgan fingerprint density at radius 1 is 1.04 bits per heavy atom. The average Bonchev–Trinajstić information content (AvgIpc) is 3.28. The van der Waals surface area contributed by atoms with Crippen molar-refractivity contribution in [3.63, 3.8) is 0 Å². The van der Waals surface area contributed by atoms with Gasteiger partial charge in [-0.15, -0.1) is 0 Å². The normalized spacial score (nSPS) is 14.1. The van der Waals surface area contributed by atoms with E-state index in [1.807, 2.05) is 27.7 Å². The van der Waals surface area contributed by atoms with Crippen molar-refractivity contribution in [1.29, 1.82) is 0 Å². The fraction of sp³-hybridized carbons (Fsp3) is 0.611. The Kier molecular flexibility index (Phi) is 5.22. The number of hydrogen-bond donors (Lipinski definition) is 0. The Hall–Kier alpha value is -2.15. The van der Waals surface area contributed by atoms with E-state index in [2.05, 4.69) is 10.3 Å². The average molecular weight is 347 g/mol. The van der Waals surface area contributed by atoms with Gasteiger partial charge in [-0.25, -0.2) is 0 Å². The number of hydrogen-bond acceptors (Lipinski definition) is 6. The second kappa shape index (κ2) is 7.39. The van der Waals surface area contributed by atoms with Gasteiger partial charge in [0.25, 0.3) is 0 Å². The van der Waals surface area contributed by atoms with E-state index in [4.69, 9.17) is 13.8 Å². The highest BCUT2D eigenvalue weighted by molar-refractivity contribution is 5.77. The minimum atomic E-state index is -0.0550. The number of rotatable bonds is 8. The first-order chi connectivity index (χ1) is 12.0. The van der Waals surface area contributed by atoms with Gasteiger partial charge in [0, 0.05) is 11.1 Å². The third-order valence-corrected chi connectivity index (χ3v) is 4.69. The van der Waals surface area contributed by atoms with E-state index in [1.54, 1.807) is 4.90 Å². The Morgan fingerprint density at radius 2 is 1.56 bits per heavy atom. The summed E-state index contributed by atoms with van der Waals surface area (Å²) < 4.78 is 16.0. The van der Waals surface area contributed by atoms with Crippen LogP contribution in [0.15, 0.2) is 9.05 Å². The fourth-order valence-electron chi connectivity index (χ4n) is 2.76. The van der Waals surface area contributed by atoms with E-state index in [0.717, 1.165) is 34.0 Å². The molecule has 7 nitrogen and oxygen atoms in total. The third kappa shape index (κ3) is 4.28. The van der Waals surface area contributed by atoms with Crippen LogP contribution in [-0.2, 0) is 22.6 Å². The van der Waals surface area contributed by atoms with E-state index >= 15 is 0 Å². The number of amides is 1.